The number of methoxy groups -OCH3 is 1. The third-order valence-corrected chi connectivity index (χ3v) is 8.30. The van der Waals surface area contributed by atoms with Crippen molar-refractivity contribution in [3.63, 3.8) is 0 Å². The average Bonchev–Trinajstić information content (AvgIpc) is 3.60. The van der Waals surface area contributed by atoms with Crippen LogP contribution < -0.4 is 9.64 Å². The van der Waals surface area contributed by atoms with Crippen LogP contribution in [0, 0.1) is 37.9 Å². The molecule has 0 spiro atoms. The molecule has 1 heterocycles. The van der Waals surface area contributed by atoms with E-state index in [0.717, 1.165) is 41.0 Å². The van der Waals surface area contributed by atoms with Gasteiger partial charge in [0.25, 0.3) is 0 Å². The zero-order valence-corrected chi connectivity index (χ0v) is 23.7. The first kappa shape index (κ1) is 28.6. The van der Waals surface area contributed by atoms with E-state index >= 15 is 0 Å². The van der Waals surface area contributed by atoms with E-state index in [1.165, 1.54) is 23.5 Å². The fourth-order valence-corrected chi connectivity index (χ4v) is 5.91. The van der Waals surface area contributed by atoms with Gasteiger partial charge in [0.05, 0.1) is 37.0 Å². The van der Waals surface area contributed by atoms with Crippen molar-refractivity contribution in [1.82, 2.24) is 4.98 Å². The van der Waals surface area contributed by atoms with Gasteiger partial charge in [-0.3, -0.25) is 4.52 Å². The highest BCUT2D eigenvalue weighted by atomic mass is 35.5. The Hall–Kier alpha value is -2.44. The molecule has 0 saturated heterocycles. The van der Waals surface area contributed by atoms with E-state index in [2.05, 4.69) is 10.4 Å². The van der Waals surface area contributed by atoms with Crippen molar-refractivity contribution < 1.29 is 28.0 Å². The van der Waals surface area contributed by atoms with Gasteiger partial charge in [-0.15, -0.1) is 17.8 Å². The second kappa shape index (κ2) is 11.7. The predicted molar refractivity (Wildman–Crippen MR) is 148 cm³/mol. The molecule has 1 saturated carbocycles. The summed E-state index contributed by atoms with van der Waals surface area (Å²) in [6.45, 7) is 3.66. The van der Waals surface area contributed by atoms with Gasteiger partial charge in [-0.2, -0.15) is 0 Å². The monoisotopic (exact) mass is 578 g/mol. The van der Waals surface area contributed by atoms with Crippen molar-refractivity contribution in [1.29, 1.82) is 0 Å². The minimum absolute atomic E-state index is 0.0580. The van der Waals surface area contributed by atoms with E-state index < -0.39 is 20.2 Å². The summed E-state index contributed by atoms with van der Waals surface area (Å²) in [5.41, 5.74) is 3.25. The molecule has 0 radical (unpaired) electrons. The average molecular weight is 579 g/mol. The number of benzene rings is 2. The predicted octanol–water partition coefficient (Wildman–Crippen LogP) is 6.82. The highest BCUT2D eigenvalue weighted by Crippen LogP contribution is 2.45. The van der Waals surface area contributed by atoms with Gasteiger partial charge in [-0.05, 0) is 55.5 Å². The summed E-state index contributed by atoms with van der Waals surface area (Å²) in [7, 11) is -3.12. The summed E-state index contributed by atoms with van der Waals surface area (Å²) < 4.78 is 35.9. The minimum Gasteiger partial charge on any atom is -0.496 e. The number of hydrogen-bond acceptors (Lipinski definition) is 6. The van der Waals surface area contributed by atoms with Crippen molar-refractivity contribution >= 4 is 35.9 Å². The Labute approximate surface area is 230 Å². The molecule has 1 aliphatic carbocycles. The van der Waals surface area contributed by atoms with Crippen molar-refractivity contribution in [3.05, 3.63) is 62.7 Å². The molecule has 1 aromatic heterocycles. The quantitative estimate of drug-likeness (QED) is 0.190. The van der Waals surface area contributed by atoms with Gasteiger partial charge in [-0.25, -0.2) is 13.9 Å². The first-order valence-corrected chi connectivity index (χ1v) is 14.7. The number of ether oxygens (including phenoxy) is 1. The first-order chi connectivity index (χ1) is 18.0. The lowest BCUT2D eigenvalue weighted by molar-refractivity contribution is 0.187. The molecule has 1 aliphatic rings. The van der Waals surface area contributed by atoms with Crippen LogP contribution in [0.5, 0.6) is 5.75 Å². The van der Waals surface area contributed by atoms with E-state index in [0.29, 0.717) is 27.4 Å². The Bertz CT molecular complexity index is 1420. The summed E-state index contributed by atoms with van der Waals surface area (Å²) in [6.07, 6.45) is 8.75. The number of rotatable bonds is 11. The molecule has 0 bridgehead atoms. The van der Waals surface area contributed by atoms with Gasteiger partial charge in [0.15, 0.2) is 5.13 Å². The molecule has 4 rings (SSSR count). The topological polar surface area (TPSA) is 92.1 Å². The summed E-state index contributed by atoms with van der Waals surface area (Å²) in [6, 6.07) is 8.13. The van der Waals surface area contributed by atoms with Gasteiger partial charge in [0.1, 0.15) is 11.6 Å². The van der Waals surface area contributed by atoms with Crippen LogP contribution in [0.2, 0.25) is 5.02 Å². The highest BCUT2D eigenvalue weighted by Gasteiger charge is 2.32. The van der Waals surface area contributed by atoms with E-state index in [9.17, 15) is 8.96 Å². The van der Waals surface area contributed by atoms with Crippen molar-refractivity contribution in [3.8, 4) is 29.4 Å². The maximum absolute atomic E-state index is 15.0. The normalized spacial score (nSPS) is 14.3. The van der Waals surface area contributed by atoms with E-state index in [4.69, 9.17) is 37.5 Å². The highest BCUT2D eigenvalue weighted by molar-refractivity contribution is 7.46. The SMILES string of the molecule is C#CCN(c1nc(-c2cc(C)c(OC)cc2Cl)c(C)s1)C(CC1CC1)c1ccc(COP(=O)(O)O)c(F)c1. The number of aromatic nitrogens is 1. The van der Waals surface area contributed by atoms with Crippen LogP contribution in [-0.4, -0.2) is 28.4 Å². The number of anilines is 1. The summed E-state index contributed by atoms with van der Waals surface area (Å²) >= 11 is 8.10. The largest absolute Gasteiger partial charge is 0.496 e. The summed E-state index contributed by atoms with van der Waals surface area (Å²) in [4.78, 5) is 25.9. The third kappa shape index (κ3) is 6.76. The Morgan fingerprint density at radius 1 is 1.32 bits per heavy atom. The van der Waals surface area contributed by atoms with Crippen LogP contribution in [0.1, 0.15) is 46.9 Å². The summed E-state index contributed by atoms with van der Waals surface area (Å²) in [5.74, 6) is 3.32. The lowest BCUT2D eigenvalue weighted by Crippen LogP contribution is -2.29. The molecule has 0 aliphatic heterocycles. The smallest absolute Gasteiger partial charge is 0.469 e. The number of terminal acetylenes is 1. The lowest BCUT2D eigenvalue weighted by Gasteiger charge is -2.31. The molecule has 7 nitrogen and oxygen atoms in total. The van der Waals surface area contributed by atoms with Crippen molar-refractivity contribution in [2.75, 3.05) is 18.6 Å². The van der Waals surface area contributed by atoms with Gasteiger partial charge >= 0.3 is 7.82 Å². The standard InChI is InChI=1S/C27H29ClFN2O5PS/c1-5-10-31(27-30-26(17(3)38-27)21-11-16(2)25(35-4)14-22(21)28)24(12-18-6-7-18)19-8-9-20(23(29)13-19)15-36-37(32,33)34/h1,8-9,11,13-14,18,24H,6-7,10,12,15H2,2-4H3,(H2,32,33,34). The fraction of sp³-hybridized carbons (Fsp3) is 0.370. The van der Waals surface area contributed by atoms with E-state index in [1.54, 1.807) is 19.2 Å². The molecule has 38 heavy (non-hydrogen) atoms. The molecule has 3 aromatic rings. The van der Waals surface area contributed by atoms with Gasteiger partial charge in [-0.1, -0.05) is 42.5 Å². The van der Waals surface area contributed by atoms with Crippen LogP contribution >= 0.6 is 30.8 Å². The number of aryl methyl sites for hydroxylation is 2. The van der Waals surface area contributed by atoms with Crippen LogP contribution in [0.25, 0.3) is 11.3 Å². The Morgan fingerprint density at radius 3 is 2.66 bits per heavy atom. The lowest BCUT2D eigenvalue weighted by atomic mass is 9.98. The molecule has 1 fully saturated rings. The van der Waals surface area contributed by atoms with Gasteiger partial charge < -0.3 is 19.4 Å². The second-order valence-corrected chi connectivity index (χ2v) is 12.2. The number of phosphoric ester groups is 1. The fourth-order valence-electron chi connectivity index (χ4n) is 4.38. The number of halogens is 2. The first-order valence-electron chi connectivity index (χ1n) is 12.0. The molecule has 11 heteroatoms. The Balaban J connectivity index is 1.71. The molecule has 1 atom stereocenters. The molecule has 1 unspecified atom stereocenters. The molecule has 2 aromatic carbocycles. The van der Waals surface area contributed by atoms with Crippen LogP contribution in [-0.2, 0) is 15.7 Å². The van der Waals surface area contributed by atoms with Gasteiger partial charge in [0.2, 0.25) is 0 Å². The number of thiazole rings is 1. The van der Waals surface area contributed by atoms with Crippen LogP contribution in [0.3, 0.4) is 0 Å². The zero-order valence-electron chi connectivity index (χ0n) is 21.3. The minimum atomic E-state index is -4.72. The second-order valence-electron chi connectivity index (χ2n) is 9.34. The zero-order chi connectivity index (χ0) is 27.6. The molecule has 2 N–H and O–H groups in total. The maximum atomic E-state index is 15.0. The summed E-state index contributed by atoms with van der Waals surface area (Å²) in [5, 5.41) is 1.24. The molecular formula is C27H29ClFN2O5PS. The van der Waals surface area contributed by atoms with E-state index in [-0.39, 0.29) is 18.2 Å². The van der Waals surface area contributed by atoms with Crippen LogP contribution in [0.15, 0.2) is 30.3 Å². The van der Waals surface area contributed by atoms with Gasteiger partial charge in [0, 0.05) is 16.0 Å². The molecule has 0 amide bonds. The number of phosphoric acid groups is 1. The van der Waals surface area contributed by atoms with Crippen molar-refractivity contribution in [2.45, 2.75) is 45.8 Å². The number of hydrogen-bond donors (Lipinski definition) is 2. The molecule has 202 valence electrons. The number of nitrogens with zero attached hydrogens (tertiary/aromatic N) is 2. The Kier molecular flexibility index (Phi) is 8.83. The van der Waals surface area contributed by atoms with E-state index in [1.807, 2.05) is 24.8 Å². The molecular weight excluding hydrogens is 550 g/mol. The van der Waals surface area contributed by atoms with Crippen LogP contribution in [0.4, 0.5) is 9.52 Å². The Morgan fingerprint density at radius 2 is 2.05 bits per heavy atom. The van der Waals surface area contributed by atoms with Crippen molar-refractivity contribution in [2.24, 2.45) is 5.92 Å². The maximum Gasteiger partial charge on any atom is 0.469 e. The third-order valence-electron chi connectivity index (χ3n) is 6.51.